The van der Waals surface area contributed by atoms with Gasteiger partial charge in [-0.15, -0.1) is 0 Å². The van der Waals surface area contributed by atoms with Crippen molar-refractivity contribution in [1.29, 1.82) is 0 Å². The summed E-state index contributed by atoms with van der Waals surface area (Å²) in [4.78, 5) is 23.9. The summed E-state index contributed by atoms with van der Waals surface area (Å²) in [6.45, 7) is 1.14. The van der Waals surface area contributed by atoms with Gasteiger partial charge in [0.25, 0.3) is 5.56 Å². The minimum Gasteiger partial charge on any atom is -0.394 e. The van der Waals surface area contributed by atoms with Gasteiger partial charge in [0.1, 0.15) is 12.8 Å². The Bertz CT molecular complexity index is 494. The first kappa shape index (κ1) is 14.6. The molecule has 2 N–H and O–H groups in total. The lowest BCUT2D eigenvalue weighted by molar-refractivity contribution is -0.0884. The number of aromatic amines is 1. The zero-order chi connectivity index (χ0) is 13.7. The first-order valence-corrected chi connectivity index (χ1v) is 5.24. The molecular weight excluding hydrogens is 247 g/mol. The van der Waals surface area contributed by atoms with Crippen molar-refractivity contribution in [3.05, 3.63) is 32.9 Å². The smallest absolute Gasteiger partial charge is 0.330 e. The maximum Gasteiger partial charge on any atom is 0.330 e. The van der Waals surface area contributed by atoms with Crippen LogP contribution in [-0.4, -0.2) is 40.6 Å². The van der Waals surface area contributed by atoms with Crippen molar-refractivity contribution in [2.45, 2.75) is 25.9 Å². The number of H-pyrrole nitrogens is 1. The fourth-order valence-corrected chi connectivity index (χ4v) is 1.30. The Morgan fingerprint density at radius 2 is 2.22 bits per heavy atom. The molecule has 0 saturated heterocycles. The summed E-state index contributed by atoms with van der Waals surface area (Å²) in [7, 11) is 1.41. The van der Waals surface area contributed by atoms with Crippen LogP contribution in [-0.2, 0) is 16.2 Å². The summed E-state index contributed by atoms with van der Waals surface area (Å²) in [5.74, 6) is -1.07. The highest BCUT2D eigenvalue weighted by Gasteiger charge is 2.16. The first-order chi connectivity index (χ1) is 8.49. The van der Waals surface area contributed by atoms with Gasteiger partial charge in [0.05, 0.1) is 18.9 Å². The minimum absolute atomic E-state index is 0.244. The van der Waals surface area contributed by atoms with Crippen LogP contribution in [0.3, 0.4) is 0 Å². The molecule has 0 aliphatic carbocycles. The van der Waals surface area contributed by atoms with Gasteiger partial charge in [0, 0.05) is 7.11 Å². The second kappa shape index (κ2) is 6.43. The van der Waals surface area contributed by atoms with E-state index in [0.29, 0.717) is 0 Å². The van der Waals surface area contributed by atoms with Crippen molar-refractivity contribution in [2.24, 2.45) is 0 Å². The number of rotatable bonds is 6. The number of ether oxygens (including phenoxy) is 2. The average Bonchev–Trinajstić information content (AvgIpc) is 2.33. The highest BCUT2D eigenvalue weighted by molar-refractivity contribution is 4.86. The zero-order valence-corrected chi connectivity index (χ0v) is 10.1. The molecule has 0 radical (unpaired) electrons. The first-order valence-electron chi connectivity index (χ1n) is 5.24. The van der Waals surface area contributed by atoms with E-state index in [1.807, 2.05) is 0 Å². The quantitative estimate of drug-likeness (QED) is 0.689. The highest BCUT2D eigenvalue weighted by Crippen LogP contribution is 2.02. The molecular formula is C10H15FN2O5. The number of nitrogens with one attached hydrogen (secondary N) is 1. The van der Waals surface area contributed by atoms with E-state index >= 15 is 0 Å². The van der Waals surface area contributed by atoms with Crippen LogP contribution in [0.5, 0.6) is 0 Å². The second-order valence-electron chi connectivity index (χ2n) is 3.66. The van der Waals surface area contributed by atoms with E-state index in [4.69, 9.17) is 14.6 Å². The molecule has 0 bridgehead atoms. The van der Waals surface area contributed by atoms with Crippen molar-refractivity contribution in [2.75, 3.05) is 13.7 Å². The molecule has 0 saturated carbocycles. The Morgan fingerprint density at radius 3 is 2.78 bits per heavy atom. The number of aromatic nitrogens is 2. The molecule has 1 rings (SSSR count). The number of hydrogen-bond donors (Lipinski definition) is 2. The third kappa shape index (κ3) is 3.49. The summed E-state index contributed by atoms with van der Waals surface area (Å²) in [6.07, 6.45) is -0.288. The van der Waals surface area contributed by atoms with Gasteiger partial charge in [0.15, 0.2) is 0 Å². The van der Waals surface area contributed by atoms with Gasteiger partial charge in [-0.25, -0.2) is 4.79 Å². The van der Waals surface area contributed by atoms with E-state index in [-0.39, 0.29) is 13.3 Å². The Hall–Kier alpha value is -1.51. The van der Waals surface area contributed by atoms with Crippen molar-refractivity contribution < 1.29 is 19.0 Å². The molecule has 1 aromatic heterocycles. The third-order valence-electron chi connectivity index (χ3n) is 2.45. The summed E-state index contributed by atoms with van der Waals surface area (Å²) in [5, 5.41) is 8.95. The number of aliphatic hydroxyl groups is 1. The maximum atomic E-state index is 13.0. The van der Waals surface area contributed by atoms with Crippen molar-refractivity contribution in [1.82, 2.24) is 9.55 Å². The molecule has 0 aromatic carbocycles. The van der Waals surface area contributed by atoms with Gasteiger partial charge in [0.2, 0.25) is 5.82 Å². The third-order valence-corrected chi connectivity index (χ3v) is 2.45. The number of hydrogen-bond acceptors (Lipinski definition) is 5. The van der Waals surface area contributed by atoms with Crippen LogP contribution < -0.4 is 11.2 Å². The molecule has 0 aliphatic rings. The van der Waals surface area contributed by atoms with Crippen molar-refractivity contribution in [3.63, 3.8) is 0 Å². The van der Waals surface area contributed by atoms with Gasteiger partial charge >= 0.3 is 5.69 Å². The molecule has 0 fully saturated rings. The Balaban J connectivity index is 2.72. The highest BCUT2D eigenvalue weighted by atomic mass is 19.1. The fraction of sp³-hybridized carbons (Fsp3) is 0.600. The fourth-order valence-electron chi connectivity index (χ4n) is 1.30. The lowest BCUT2D eigenvalue weighted by atomic mass is 10.2. The Kier molecular flexibility index (Phi) is 5.20. The number of nitrogens with zero attached hydrogens (tertiary/aromatic N) is 1. The van der Waals surface area contributed by atoms with Crippen LogP contribution in [0.1, 0.15) is 6.92 Å². The molecule has 1 aromatic rings. The lowest BCUT2D eigenvalue weighted by Crippen LogP contribution is -2.36. The Morgan fingerprint density at radius 1 is 1.56 bits per heavy atom. The lowest BCUT2D eigenvalue weighted by Gasteiger charge is -2.21. The molecule has 2 unspecified atom stereocenters. The van der Waals surface area contributed by atoms with Crippen molar-refractivity contribution >= 4 is 0 Å². The van der Waals surface area contributed by atoms with E-state index in [0.717, 1.165) is 10.8 Å². The summed E-state index contributed by atoms with van der Waals surface area (Å²) in [5.41, 5.74) is -1.85. The predicted molar refractivity (Wildman–Crippen MR) is 59.7 cm³/mol. The number of methoxy groups -OCH3 is 1. The zero-order valence-electron chi connectivity index (χ0n) is 10.1. The Labute approximate surface area is 102 Å². The van der Waals surface area contributed by atoms with E-state index in [1.165, 1.54) is 7.11 Å². The standard InChI is InChI=1S/C10H15FN2O5/c1-6(8(4-14)17-2)18-5-13-3-7(11)9(15)12-10(13)16/h3,6,8,14H,4-5H2,1-2H3,(H,12,15,16). The summed E-state index contributed by atoms with van der Waals surface area (Å²) in [6, 6.07) is 0. The molecule has 0 spiro atoms. The molecule has 2 atom stereocenters. The van der Waals surface area contributed by atoms with E-state index in [9.17, 15) is 14.0 Å². The second-order valence-corrected chi connectivity index (χ2v) is 3.66. The molecule has 0 amide bonds. The normalized spacial score (nSPS) is 14.4. The predicted octanol–water partition coefficient (Wildman–Crippen LogP) is -0.954. The minimum atomic E-state index is -1.07. The van der Waals surface area contributed by atoms with Crippen molar-refractivity contribution in [3.8, 4) is 0 Å². The van der Waals surface area contributed by atoms with Gasteiger partial charge in [-0.05, 0) is 6.92 Å². The van der Waals surface area contributed by atoms with Gasteiger partial charge in [-0.3, -0.25) is 14.3 Å². The monoisotopic (exact) mass is 262 g/mol. The van der Waals surface area contributed by atoms with E-state index in [2.05, 4.69) is 0 Å². The number of halogens is 1. The molecule has 102 valence electrons. The SMILES string of the molecule is COC(CO)C(C)OCn1cc(F)c(=O)[nH]c1=O. The van der Waals surface area contributed by atoms with Crippen LogP contribution >= 0.6 is 0 Å². The largest absolute Gasteiger partial charge is 0.394 e. The van der Waals surface area contributed by atoms with Crippen LogP contribution in [0.25, 0.3) is 0 Å². The molecule has 18 heavy (non-hydrogen) atoms. The van der Waals surface area contributed by atoms with E-state index in [1.54, 1.807) is 11.9 Å². The van der Waals surface area contributed by atoms with Crippen LogP contribution in [0.15, 0.2) is 15.8 Å². The summed E-state index contributed by atoms with van der Waals surface area (Å²) < 4.78 is 24.0. The van der Waals surface area contributed by atoms with Crippen LogP contribution in [0.4, 0.5) is 4.39 Å². The molecule has 1 heterocycles. The molecule has 7 nitrogen and oxygen atoms in total. The van der Waals surface area contributed by atoms with Crippen LogP contribution in [0.2, 0.25) is 0 Å². The average molecular weight is 262 g/mol. The maximum absolute atomic E-state index is 13.0. The summed E-state index contributed by atoms with van der Waals surface area (Å²) >= 11 is 0. The van der Waals surface area contributed by atoms with Crippen LogP contribution in [0, 0.1) is 5.82 Å². The molecule has 8 heteroatoms. The van der Waals surface area contributed by atoms with Gasteiger partial charge in [-0.2, -0.15) is 4.39 Å². The molecule has 0 aliphatic heterocycles. The van der Waals surface area contributed by atoms with Gasteiger partial charge in [-0.1, -0.05) is 0 Å². The number of aliphatic hydroxyl groups excluding tert-OH is 1. The van der Waals surface area contributed by atoms with Gasteiger partial charge < -0.3 is 14.6 Å². The van der Waals surface area contributed by atoms with E-state index < -0.39 is 29.3 Å². The topological polar surface area (TPSA) is 93.5 Å².